The molecule has 1 saturated carbocycles. The fourth-order valence-electron chi connectivity index (χ4n) is 5.20. The number of nitrogens with one attached hydrogen (secondary N) is 1. The predicted molar refractivity (Wildman–Crippen MR) is 165 cm³/mol. The summed E-state index contributed by atoms with van der Waals surface area (Å²) in [6, 6.07) is 20.9. The summed E-state index contributed by atoms with van der Waals surface area (Å²) in [4.78, 5) is 29.2. The Bertz CT molecular complexity index is 1430. The number of carbonyl (C=O) groups is 2. The molecule has 0 saturated heterocycles. The van der Waals surface area contributed by atoms with Gasteiger partial charge in [0.15, 0.2) is 0 Å². The number of hydrogen-bond acceptors (Lipinski definition) is 5. The third-order valence-corrected chi connectivity index (χ3v) is 9.44. The van der Waals surface area contributed by atoms with Crippen molar-refractivity contribution in [3.63, 3.8) is 0 Å². The molecule has 4 rings (SSSR count). The number of halogens is 1. The highest BCUT2D eigenvalue weighted by Crippen LogP contribution is 2.27. The summed E-state index contributed by atoms with van der Waals surface area (Å²) < 4.78 is 34.5. The molecular weight excluding hydrogens is 574 g/mol. The van der Waals surface area contributed by atoms with Crippen LogP contribution in [0.15, 0.2) is 83.8 Å². The van der Waals surface area contributed by atoms with Gasteiger partial charge < -0.3 is 15.0 Å². The van der Waals surface area contributed by atoms with Gasteiger partial charge in [0.25, 0.3) is 10.0 Å². The van der Waals surface area contributed by atoms with Crippen molar-refractivity contribution in [3.05, 3.63) is 89.4 Å². The van der Waals surface area contributed by atoms with Gasteiger partial charge in [-0.2, -0.15) is 0 Å². The van der Waals surface area contributed by atoms with E-state index in [4.69, 9.17) is 16.3 Å². The van der Waals surface area contributed by atoms with Crippen molar-refractivity contribution in [2.45, 2.75) is 69.5 Å². The van der Waals surface area contributed by atoms with Crippen molar-refractivity contribution in [2.75, 3.05) is 17.5 Å². The summed E-state index contributed by atoms with van der Waals surface area (Å²) in [7, 11) is -4.13. The zero-order chi connectivity index (χ0) is 30.1. The molecule has 0 spiro atoms. The lowest BCUT2D eigenvalue weighted by Gasteiger charge is -2.33. The van der Waals surface area contributed by atoms with Crippen molar-refractivity contribution in [2.24, 2.45) is 0 Å². The third-order valence-electron chi connectivity index (χ3n) is 7.40. The van der Waals surface area contributed by atoms with Gasteiger partial charge in [0, 0.05) is 17.6 Å². The summed E-state index contributed by atoms with van der Waals surface area (Å²) in [5.74, 6) is -0.138. The molecule has 10 heteroatoms. The van der Waals surface area contributed by atoms with Gasteiger partial charge in [-0.3, -0.25) is 13.9 Å². The largest absolute Gasteiger partial charge is 0.494 e. The Morgan fingerprint density at radius 3 is 2.19 bits per heavy atom. The van der Waals surface area contributed by atoms with Crippen molar-refractivity contribution < 1.29 is 22.7 Å². The summed E-state index contributed by atoms with van der Waals surface area (Å²) in [6.45, 7) is 3.80. The summed E-state index contributed by atoms with van der Waals surface area (Å²) in [6.07, 6.45) is 4.31. The normalized spacial score (nSPS) is 14.3. The highest BCUT2D eigenvalue weighted by atomic mass is 35.5. The number of hydrogen-bond donors (Lipinski definition) is 1. The maximum absolute atomic E-state index is 14.2. The Balaban J connectivity index is 1.70. The maximum Gasteiger partial charge on any atom is 0.264 e. The number of ether oxygens (including phenoxy) is 1. The van der Waals surface area contributed by atoms with E-state index in [2.05, 4.69) is 5.32 Å². The zero-order valence-corrected chi connectivity index (χ0v) is 25.6. The van der Waals surface area contributed by atoms with E-state index in [0.717, 1.165) is 35.6 Å². The number of benzene rings is 3. The van der Waals surface area contributed by atoms with Gasteiger partial charge in [0.2, 0.25) is 11.8 Å². The molecule has 1 aliphatic carbocycles. The van der Waals surface area contributed by atoms with Gasteiger partial charge in [-0.05, 0) is 80.3 Å². The number of sulfonamides is 1. The molecule has 0 aliphatic heterocycles. The molecule has 0 aromatic heterocycles. The fraction of sp³-hybridized carbons (Fsp3) is 0.375. The van der Waals surface area contributed by atoms with E-state index < -0.39 is 28.5 Å². The topological polar surface area (TPSA) is 96.0 Å². The Hall–Kier alpha value is -3.56. The fourth-order valence-corrected chi connectivity index (χ4v) is 6.76. The molecule has 0 bridgehead atoms. The van der Waals surface area contributed by atoms with E-state index >= 15 is 0 Å². The second kappa shape index (κ2) is 14.6. The predicted octanol–water partition coefficient (Wildman–Crippen LogP) is 5.80. The summed E-state index contributed by atoms with van der Waals surface area (Å²) >= 11 is 6.10. The van der Waals surface area contributed by atoms with E-state index in [0.29, 0.717) is 29.5 Å². The van der Waals surface area contributed by atoms with Crippen LogP contribution in [0.3, 0.4) is 0 Å². The molecular formula is C32H38ClN3O5S. The first-order valence-corrected chi connectivity index (χ1v) is 16.2. The van der Waals surface area contributed by atoms with Crippen molar-refractivity contribution in [1.29, 1.82) is 0 Å². The number of carbonyl (C=O) groups excluding carboxylic acids is 2. The minimum atomic E-state index is -4.13. The van der Waals surface area contributed by atoms with Crippen molar-refractivity contribution in [3.8, 4) is 5.75 Å². The van der Waals surface area contributed by atoms with Gasteiger partial charge in [0.05, 0.1) is 17.2 Å². The molecule has 1 aliphatic rings. The second-order valence-corrected chi connectivity index (χ2v) is 12.6. The molecule has 1 atom stereocenters. The molecule has 224 valence electrons. The number of rotatable bonds is 13. The van der Waals surface area contributed by atoms with Crippen LogP contribution in [0.5, 0.6) is 5.75 Å². The SMILES string of the molecule is CCOc1ccc(N(CC(=O)N(Cc2ccc(Cl)cc2)[C@@H](CC)C(=O)NC2CCCC2)S(=O)(=O)c2ccccc2)cc1. The quantitative estimate of drug-likeness (QED) is 0.264. The van der Waals surface area contributed by atoms with Gasteiger partial charge in [-0.25, -0.2) is 8.42 Å². The molecule has 3 aromatic rings. The highest BCUT2D eigenvalue weighted by Gasteiger charge is 2.34. The van der Waals surface area contributed by atoms with E-state index in [1.165, 1.54) is 17.0 Å². The highest BCUT2D eigenvalue weighted by molar-refractivity contribution is 7.92. The van der Waals surface area contributed by atoms with E-state index in [9.17, 15) is 18.0 Å². The summed E-state index contributed by atoms with van der Waals surface area (Å²) in [5.41, 5.74) is 1.09. The lowest BCUT2D eigenvalue weighted by Crippen LogP contribution is -2.53. The van der Waals surface area contributed by atoms with Crippen LogP contribution in [0.4, 0.5) is 5.69 Å². The lowest BCUT2D eigenvalue weighted by atomic mass is 10.1. The minimum absolute atomic E-state index is 0.0574. The average Bonchev–Trinajstić information content (AvgIpc) is 3.51. The van der Waals surface area contributed by atoms with Gasteiger partial charge in [-0.1, -0.05) is 61.7 Å². The van der Waals surface area contributed by atoms with Crippen LogP contribution in [0.25, 0.3) is 0 Å². The average molecular weight is 612 g/mol. The molecule has 1 fully saturated rings. The molecule has 42 heavy (non-hydrogen) atoms. The Kier molecular flexibility index (Phi) is 10.9. The lowest BCUT2D eigenvalue weighted by molar-refractivity contribution is -0.140. The monoisotopic (exact) mass is 611 g/mol. The van der Waals surface area contributed by atoms with Crippen LogP contribution in [0.2, 0.25) is 5.02 Å². The van der Waals surface area contributed by atoms with Crippen LogP contribution < -0.4 is 14.4 Å². The van der Waals surface area contributed by atoms with Crippen LogP contribution >= 0.6 is 11.6 Å². The Morgan fingerprint density at radius 1 is 0.952 bits per heavy atom. The smallest absolute Gasteiger partial charge is 0.264 e. The standard InChI is InChI=1S/C32H38ClN3O5S/c1-3-30(32(38)34-26-10-8-9-11-26)35(22-24-14-16-25(33)17-15-24)31(37)23-36(27-18-20-28(21-19-27)41-4-2)42(39,40)29-12-6-5-7-13-29/h5-7,12-21,26,30H,3-4,8-11,22-23H2,1-2H3,(H,34,38)/t30-/m0/s1. The first-order chi connectivity index (χ1) is 20.2. The molecule has 1 N–H and O–H groups in total. The van der Waals surface area contributed by atoms with E-state index in [1.54, 1.807) is 66.7 Å². The van der Waals surface area contributed by atoms with Crippen molar-refractivity contribution in [1.82, 2.24) is 10.2 Å². The van der Waals surface area contributed by atoms with Crippen LogP contribution in [0, 0.1) is 0 Å². The Labute approximate surface area is 253 Å². The van der Waals surface area contributed by atoms with Gasteiger partial charge >= 0.3 is 0 Å². The number of anilines is 1. The van der Waals surface area contributed by atoms with Gasteiger partial charge in [-0.15, -0.1) is 0 Å². The van der Waals surface area contributed by atoms with E-state index in [-0.39, 0.29) is 23.4 Å². The Morgan fingerprint density at radius 2 is 1.60 bits per heavy atom. The summed E-state index contributed by atoms with van der Waals surface area (Å²) in [5, 5.41) is 3.67. The van der Waals surface area contributed by atoms with Crippen LogP contribution in [0.1, 0.15) is 51.5 Å². The molecule has 8 nitrogen and oxygen atoms in total. The van der Waals surface area contributed by atoms with Gasteiger partial charge in [0.1, 0.15) is 18.3 Å². The van der Waals surface area contributed by atoms with Crippen molar-refractivity contribution >= 4 is 39.1 Å². The first kappa shape index (κ1) is 31.4. The minimum Gasteiger partial charge on any atom is -0.494 e. The molecule has 0 heterocycles. The van der Waals surface area contributed by atoms with Crippen LogP contribution in [-0.4, -0.2) is 50.4 Å². The third kappa shape index (κ3) is 7.83. The number of amides is 2. The maximum atomic E-state index is 14.2. The second-order valence-electron chi connectivity index (χ2n) is 10.3. The molecule has 3 aromatic carbocycles. The van der Waals surface area contributed by atoms with E-state index in [1.807, 2.05) is 13.8 Å². The van der Waals surface area contributed by atoms with Crippen LogP contribution in [-0.2, 0) is 26.2 Å². The molecule has 0 unspecified atom stereocenters. The number of nitrogens with zero attached hydrogens (tertiary/aromatic N) is 2. The first-order valence-electron chi connectivity index (χ1n) is 14.4. The molecule has 0 radical (unpaired) electrons. The zero-order valence-electron chi connectivity index (χ0n) is 24.0. The molecule has 2 amide bonds.